The predicted molar refractivity (Wildman–Crippen MR) is 98.8 cm³/mol. The quantitative estimate of drug-likeness (QED) is 0.742. The highest BCUT2D eigenvalue weighted by atomic mass is 32.1. The van der Waals surface area contributed by atoms with E-state index in [-0.39, 0.29) is 11.9 Å². The minimum absolute atomic E-state index is 0.219. The van der Waals surface area contributed by atoms with Gasteiger partial charge in [-0.3, -0.25) is 20.0 Å². The molecule has 0 bridgehead atoms. The fourth-order valence-corrected chi connectivity index (χ4v) is 4.22. The van der Waals surface area contributed by atoms with Gasteiger partial charge >= 0.3 is 0 Å². The molecule has 0 radical (unpaired) electrons. The van der Waals surface area contributed by atoms with Crippen molar-refractivity contribution in [2.45, 2.75) is 25.4 Å². The Balaban J connectivity index is 1.51. The van der Waals surface area contributed by atoms with Crippen molar-refractivity contribution in [3.8, 4) is 0 Å². The number of nitrogens with one attached hydrogen (secondary N) is 1. The van der Waals surface area contributed by atoms with Gasteiger partial charge in [0.1, 0.15) is 5.69 Å². The Kier molecular flexibility index (Phi) is 4.82. The van der Waals surface area contributed by atoms with Crippen LogP contribution in [0.25, 0.3) is 0 Å². The zero-order valence-corrected chi connectivity index (χ0v) is 15.1. The maximum absolute atomic E-state index is 12.4. The van der Waals surface area contributed by atoms with Gasteiger partial charge in [-0.25, -0.2) is 9.97 Å². The number of amides is 1. The normalized spacial score (nSPS) is 17.7. The summed E-state index contributed by atoms with van der Waals surface area (Å²) in [5.41, 5.74) is 3.24. The first kappa shape index (κ1) is 16.3. The summed E-state index contributed by atoms with van der Waals surface area (Å²) in [5, 5.41) is 5.21. The number of hydrogen-bond acceptors (Lipinski definition) is 7. The summed E-state index contributed by atoms with van der Waals surface area (Å²) in [6, 6.07) is 5.90. The number of carbonyl (C=O) groups is 1. The SMILES string of the molecule is O=C(Nc1nccs1)c1cccc([C@@H]2CCCN2Cc2cncs2)n1. The van der Waals surface area contributed by atoms with Gasteiger partial charge in [0.25, 0.3) is 5.91 Å². The van der Waals surface area contributed by atoms with E-state index < -0.39 is 0 Å². The molecule has 1 amide bonds. The first-order chi connectivity index (χ1) is 12.3. The van der Waals surface area contributed by atoms with Gasteiger partial charge in [0, 0.05) is 29.2 Å². The molecular formula is C17H17N5OS2. The van der Waals surface area contributed by atoms with Crippen LogP contribution in [0.5, 0.6) is 0 Å². The number of thiazole rings is 2. The maximum Gasteiger partial charge on any atom is 0.276 e. The summed E-state index contributed by atoms with van der Waals surface area (Å²) in [6.07, 6.45) is 5.79. The van der Waals surface area contributed by atoms with Crippen molar-refractivity contribution in [1.29, 1.82) is 0 Å². The first-order valence-electron chi connectivity index (χ1n) is 8.09. The number of anilines is 1. The van der Waals surface area contributed by atoms with Crippen molar-refractivity contribution < 1.29 is 4.79 Å². The molecule has 3 aromatic rings. The average molecular weight is 371 g/mol. The molecule has 3 aromatic heterocycles. The van der Waals surface area contributed by atoms with E-state index in [9.17, 15) is 4.79 Å². The third kappa shape index (κ3) is 3.76. The molecule has 0 unspecified atom stereocenters. The predicted octanol–water partition coefficient (Wildman–Crippen LogP) is 3.58. The number of nitrogens with zero attached hydrogens (tertiary/aromatic N) is 4. The lowest BCUT2D eigenvalue weighted by Crippen LogP contribution is -2.24. The fourth-order valence-electron chi connectivity index (χ4n) is 3.08. The fraction of sp³-hybridized carbons (Fsp3) is 0.294. The lowest BCUT2D eigenvalue weighted by atomic mass is 10.1. The molecular weight excluding hydrogens is 354 g/mol. The number of aromatic nitrogens is 3. The van der Waals surface area contributed by atoms with Crippen LogP contribution >= 0.6 is 22.7 Å². The lowest BCUT2D eigenvalue weighted by Gasteiger charge is -2.23. The van der Waals surface area contributed by atoms with Gasteiger partial charge in [-0.05, 0) is 31.5 Å². The molecule has 1 saturated heterocycles. The highest BCUT2D eigenvalue weighted by molar-refractivity contribution is 7.13. The van der Waals surface area contributed by atoms with Crippen LogP contribution in [-0.4, -0.2) is 32.3 Å². The summed E-state index contributed by atoms with van der Waals surface area (Å²) in [5.74, 6) is -0.219. The molecule has 0 aliphatic carbocycles. The molecule has 4 heterocycles. The Hall–Kier alpha value is -2.16. The molecule has 1 atom stereocenters. The van der Waals surface area contributed by atoms with Crippen molar-refractivity contribution in [3.63, 3.8) is 0 Å². The second-order valence-electron chi connectivity index (χ2n) is 5.84. The summed E-state index contributed by atoms with van der Waals surface area (Å²) < 4.78 is 0. The first-order valence-corrected chi connectivity index (χ1v) is 9.85. The zero-order chi connectivity index (χ0) is 17.1. The molecule has 1 N–H and O–H groups in total. The lowest BCUT2D eigenvalue weighted by molar-refractivity contribution is 0.102. The van der Waals surface area contributed by atoms with Crippen LogP contribution in [0.3, 0.4) is 0 Å². The summed E-state index contributed by atoms with van der Waals surface area (Å²) in [7, 11) is 0. The standard InChI is InChI=1S/C17H17N5OS2/c23-16(21-17-19-6-8-24-17)14-4-1-3-13(20-14)15-5-2-7-22(15)10-12-9-18-11-25-12/h1,3-4,6,8-9,11,15H,2,5,7,10H2,(H,19,21,23)/t15-/m0/s1. The van der Waals surface area contributed by atoms with Gasteiger partial charge in [-0.15, -0.1) is 22.7 Å². The van der Waals surface area contributed by atoms with E-state index >= 15 is 0 Å². The molecule has 1 aliphatic heterocycles. The monoisotopic (exact) mass is 371 g/mol. The van der Waals surface area contributed by atoms with Crippen LogP contribution in [0.4, 0.5) is 5.13 Å². The van der Waals surface area contributed by atoms with Gasteiger partial charge in [0.2, 0.25) is 0 Å². The summed E-state index contributed by atoms with van der Waals surface area (Å²) in [4.78, 5) is 28.9. The second kappa shape index (κ2) is 7.38. The molecule has 0 spiro atoms. The number of pyridine rings is 1. The van der Waals surface area contributed by atoms with Crippen molar-refractivity contribution in [3.05, 3.63) is 57.7 Å². The van der Waals surface area contributed by atoms with Gasteiger partial charge < -0.3 is 0 Å². The zero-order valence-electron chi connectivity index (χ0n) is 13.5. The third-order valence-corrected chi connectivity index (χ3v) is 5.66. The molecule has 8 heteroatoms. The smallest absolute Gasteiger partial charge is 0.276 e. The highest BCUT2D eigenvalue weighted by Crippen LogP contribution is 2.32. The van der Waals surface area contributed by atoms with Crippen LogP contribution in [0.1, 0.15) is 39.9 Å². The van der Waals surface area contributed by atoms with E-state index in [0.29, 0.717) is 10.8 Å². The van der Waals surface area contributed by atoms with E-state index in [1.165, 1.54) is 16.2 Å². The number of hydrogen-bond donors (Lipinski definition) is 1. The van der Waals surface area contributed by atoms with Gasteiger partial charge in [-0.2, -0.15) is 0 Å². The Morgan fingerprint density at radius 1 is 1.36 bits per heavy atom. The number of likely N-dealkylation sites (tertiary alicyclic amines) is 1. The molecule has 1 fully saturated rings. The number of carbonyl (C=O) groups excluding carboxylic acids is 1. The third-order valence-electron chi connectivity index (χ3n) is 4.20. The second-order valence-corrected chi connectivity index (χ2v) is 7.70. The highest BCUT2D eigenvalue weighted by Gasteiger charge is 2.28. The van der Waals surface area contributed by atoms with Crippen LogP contribution < -0.4 is 5.32 Å². The molecule has 0 aromatic carbocycles. The molecule has 0 saturated carbocycles. The Bertz CT molecular complexity index is 835. The Morgan fingerprint density at radius 3 is 3.12 bits per heavy atom. The largest absolute Gasteiger partial charge is 0.296 e. The maximum atomic E-state index is 12.4. The van der Waals surface area contributed by atoms with Crippen molar-refractivity contribution in [2.24, 2.45) is 0 Å². The minimum atomic E-state index is -0.219. The van der Waals surface area contributed by atoms with Gasteiger partial charge in [-0.1, -0.05) is 6.07 Å². The molecule has 128 valence electrons. The van der Waals surface area contributed by atoms with E-state index in [1.807, 2.05) is 29.2 Å². The molecule has 1 aliphatic rings. The summed E-state index contributed by atoms with van der Waals surface area (Å²) >= 11 is 3.07. The van der Waals surface area contributed by atoms with Crippen molar-refractivity contribution in [1.82, 2.24) is 19.9 Å². The van der Waals surface area contributed by atoms with E-state index in [4.69, 9.17) is 0 Å². The molecule has 4 rings (SSSR count). The van der Waals surface area contributed by atoms with Crippen LogP contribution in [-0.2, 0) is 6.54 Å². The number of rotatable bonds is 5. The molecule has 6 nitrogen and oxygen atoms in total. The van der Waals surface area contributed by atoms with E-state index in [1.54, 1.807) is 23.6 Å². The van der Waals surface area contributed by atoms with Crippen LogP contribution in [0.15, 0.2) is 41.5 Å². The average Bonchev–Trinajstić information content (AvgIpc) is 3.38. The van der Waals surface area contributed by atoms with E-state index in [2.05, 4.69) is 25.2 Å². The van der Waals surface area contributed by atoms with Gasteiger partial charge in [0.05, 0.1) is 17.2 Å². The minimum Gasteiger partial charge on any atom is -0.296 e. The van der Waals surface area contributed by atoms with Crippen LogP contribution in [0, 0.1) is 0 Å². The van der Waals surface area contributed by atoms with Gasteiger partial charge in [0.15, 0.2) is 5.13 Å². The van der Waals surface area contributed by atoms with Crippen molar-refractivity contribution in [2.75, 3.05) is 11.9 Å². The Labute approximate surface area is 153 Å². The van der Waals surface area contributed by atoms with Crippen LogP contribution in [0.2, 0.25) is 0 Å². The van der Waals surface area contributed by atoms with E-state index in [0.717, 1.165) is 31.6 Å². The Morgan fingerprint density at radius 2 is 2.32 bits per heavy atom. The topological polar surface area (TPSA) is 71.0 Å². The molecule has 25 heavy (non-hydrogen) atoms. The van der Waals surface area contributed by atoms with Crippen molar-refractivity contribution >= 4 is 33.7 Å². The summed E-state index contributed by atoms with van der Waals surface area (Å²) in [6.45, 7) is 1.92.